The number of thioether (sulfide) groups is 1. The van der Waals surface area contributed by atoms with Crippen molar-refractivity contribution in [2.75, 3.05) is 11.6 Å². The van der Waals surface area contributed by atoms with Crippen molar-refractivity contribution >= 4 is 17.4 Å². The highest BCUT2D eigenvalue weighted by Gasteiger charge is 2.35. The molecule has 0 fully saturated rings. The predicted octanol–water partition coefficient (Wildman–Crippen LogP) is 5.60. The van der Waals surface area contributed by atoms with Crippen molar-refractivity contribution in [1.29, 1.82) is 0 Å². The normalized spacial score (nSPS) is 17.1. The molecule has 1 aliphatic heterocycles. The standard InChI is InChI=1S/C24H20N4OS/c1-24(18-14-12-17(13-15-18)16-8-4-3-5-9-16)26-20-11-7-6-10-19(20)21-22(29-24)25-23(30-2)28-27-21/h3-15,26H,1-2H3/t24-/m0/s1. The summed E-state index contributed by atoms with van der Waals surface area (Å²) < 4.78 is 6.46. The van der Waals surface area contributed by atoms with Crippen LogP contribution in [0, 0.1) is 0 Å². The molecule has 0 amide bonds. The Morgan fingerprint density at radius 3 is 2.30 bits per heavy atom. The van der Waals surface area contributed by atoms with E-state index in [0.29, 0.717) is 16.7 Å². The van der Waals surface area contributed by atoms with Crippen LogP contribution in [0.2, 0.25) is 0 Å². The summed E-state index contributed by atoms with van der Waals surface area (Å²) >= 11 is 1.44. The molecule has 30 heavy (non-hydrogen) atoms. The maximum absolute atomic E-state index is 6.46. The van der Waals surface area contributed by atoms with Gasteiger partial charge >= 0.3 is 0 Å². The zero-order valence-corrected chi connectivity index (χ0v) is 17.5. The molecule has 5 nitrogen and oxygen atoms in total. The van der Waals surface area contributed by atoms with E-state index in [1.165, 1.54) is 17.3 Å². The summed E-state index contributed by atoms with van der Waals surface area (Å²) in [6.07, 6.45) is 1.92. The molecule has 1 aromatic heterocycles. The van der Waals surface area contributed by atoms with Gasteiger partial charge in [-0.25, -0.2) is 0 Å². The Balaban J connectivity index is 1.60. The average Bonchev–Trinajstić information content (AvgIpc) is 2.93. The van der Waals surface area contributed by atoms with Gasteiger partial charge in [0, 0.05) is 16.8 Å². The lowest BCUT2D eigenvalue weighted by Gasteiger charge is -2.31. The Hall–Kier alpha value is -3.38. The number of aromatic nitrogens is 3. The molecule has 0 radical (unpaired) electrons. The summed E-state index contributed by atoms with van der Waals surface area (Å²) in [6.45, 7) is 2.01. The maximum Gasteiger partial charge on any atom is 0.247 e. The van der Waals surface area contributed by atoms with Crippen LogP contribution in [0.4, 0.5) is 5.69 Å². The molecular weight excluding hydrogens is 392 g/mol. The van der Waals surface area contributed by atoms with Crippen molar-refractivity contribution in [1.82, 2.24) is 15.2 Å². The number of nitrogens with one attached hydrogen (secondary N) is 1. The SMILES string of the molecule is CSc1nnc2c(n1)O[C@@](C)(c1ccc(-c3ccccc3)cc1)Nc1ccccc1-2. The first-order valence-electron chi connectivity index (χ1n) is 9.67. The van der Waals surface area contributed by atoms with E-state index in [1.54, 1.807) is 0 Å². The zero-order valence-electron chi connectivity index (χ0n) is 16.7. The summed E-state index contributed by atoms with van der Waals surface area (Å²) in [7, 11) is 0. The van der Waals surface area contributed by atoms with E-state index in [2.05, 4.69) is 56.9 Å². The van der Waals surface area contributed by atoms with Crippen LogP contribution in [0.3, 0.4) is 0 Å². The summed E-state index contributed by atoms with van der Waals surface area (Å²) in [5.41, 5.74) is 5.01. The van der Waals surface area contributed by atoms with Crippen LogP contribution in [0.15, 0.2) is 84.0 Å². The predicted molar refractivity (Wildman–Crippen MR) is 121 cm³/mol. The Kier molecular flexibility index (Phi) is 4.64. The molecule has 5 rings (SSSR count). The lowest BCUT2D eigenvalue weighted by Crippen LogP contribution is -2.37. The summed E-state index contributed by atoms with van der Waals surface area (Å²) in [5.74, 6) is 0.474. The second-order valence-corrected chi connectivity index (χ2v) is 7.97. The molecule has 1 atom stereocenters. The van der Waals surface area contributed by atoms with Gasteiger partial charge in [0.1, 0.15) is 0 Å². The minimum absolute atomic E-state index is 0.474. The maximum atomic E-state index is 6.46. The van der Waals surface area contributed by atoms with Crippen LogP contribution >= 0.6 is 11.8 Å². The van der Waals surface area contributed by atoms with Crippen molar-refractivity contribution in [2.45, 2.75) is 17.8 Å². The molecule has 3 aromatic carbocycles. The quantitative estimate of drug-likeness (QED) is 0.442. The highest BCUT2D eigenvalue weighted by Crippen LogP contribution is 2.42. The first-order chi connectivity index (χ1) is 14.7. The third-order valence-corrected chi connectivity index (χ3v) is 5.76. The fraction of sp³-hybridized carbons (Fsp3) is 0.125. The molecule has 148 valence electrons. The summed E-state index contributed by atoms with van der Waals surface area (Å²) in [6, 6.07) is 26.7. The lowest BCUT2D eigenvalue weighted by atomic mass is 9.99. The molecule has 0 spiro atoms. The third kappa shape index (κ3) is 3.29. The summed E-state index contributed by atoms with van der Waals surface area (Å²) in [4.78, 5) is 4.60. The number of hydrogen-bond acceptors (Lipinski definition) is 6. The molecular formula is C24H20N4OS. The number of nitrogens with zero attached hydrogens (tertiary/aromatic N) is 3. The van der Waals surface area contributed by atoms with E-state index in [-0.39, 0.29) is 0 Å². The minimum Gasteiger partial charge on any atom is -0.445 e. The van der Waals surface area contributed by atoms with Gasteiger partial charge in [-0.15, -0.1) is 10.2 Å². The second kappa shape index (κ2) is 7.46. The van der Waals surface area contributed by atoms with Gasteiger partial charge in [-0.1, -0.05) is 84.6 Å². The Bertz CT molecular complexity index is 1200. The fourth-order valence-electron chi connectivity index (χ4n) is 3.64. The molecule has 6 heteroatoms. The number of rotatable bonds is 3. The monoisotopic (exact) mass is 412 g/mol. The van der Waals surface area contributed by atoms with E-state index in [1.807, 2.05) is 55.6 Å². The van der Waals surface area contributed by atoms with E-state index in [0.717, 1.165) is 22.4 Å². The summed E-state index contributed by atoms with van der Waals surface area (Å²) in [5, 5.41) is 12.8. The Labute approximate surface area is 179 Å². The van der Waals surface area contributed by atoms with Gasteiger partial charge in [0.05, 0.1) is 0 Å². The van der Waals surface area contributed by atoms with Crippen LogP contribution in [0.1, 0.15) is 12.5 Å². The van der Waals surface area contributed by atoms with Crippen LogP contribution in [-0.2, 0) is 5.72 Å². The number of hydrogen-bond donors (Lipinski definition) is 1. The van der Waals surface area contributed by atoms with Crippen molar-refractivity contribution < 1.29 is 4.74 Å². The molecule has 0 bridgehead atoms. The Morgan fingerprint density at radius 2 is 1.53 bits per heavy atom. The van der Waals surface area contributed by atoms with Crippen LogP contribution in [0.25, 0.3) is 22.4 Å². The molecule has 0 saturated heterocycles. The molecule has 4 aromatic rings. The fourth-order valence-corrected chi connectivity index (χ4v) is 3.94. The third-order valence-electron chi connectivity index (χ3n) is 5.22. The first-order valence-corrected chi connectivity index (χ1v) is 10.9. The Morgan fingerprint density at radius 1 is 0.833 bits per heavy atom. The molecule has 1 N–H and O–H groups in total. The van der Waals surface area contributed by atoms with Gasteiger partial charge in [0.2, 0.25) is 16.8 Å². The van der Waals surface area contributed by atoms with Crippen LogP contribution < -0.4 is 10.1 Å². The van der Waals surface area contributed by atoms with Crippen molar-refractivity contribution in [3.63, 3.8) is 0 Å². The molecule has 2 heterocycles. The molecule has 0 unspecified atom stereocenters. The number of benzene rings is 3. The molecule has 1 aliphatic rings. The number of anilines is 1. The van der Waals surface area contributed by atoms with Crippen molar-refractivity contribution in [2.24, 2.45) is 0 Å². The number of fused-ring (bicyclic) bond motifs is 3. The number of para-hydroxylation sites is 1. The largest absolute Gasteiger partial charge is 0.445 e. The van der Waals surface area contributed by atoms with Gasteiger partial charge in [-0.3, -0.25) is 0 Å². The highest BCUT2D eigenvalue weighted by molar-refractivity contribution is 7.98. The number of ether oxygens (including phenoxy) is 1. The van der Waals surface area contributed by atoms with E-state index in [9.17, 15) is 0 Å². The zero-order chi connectivity index (χ0) is 20.6. The van der Waals surface area contributed by atoms with Crippen molar-refractivity contribution in [3.8, 4) is 28.3 Å². The lowest BCUT2D eigenvalue weighted by molar-refractivity contribution is 0.112. The minimum atomic E-state index is -0.817. The first kappa shape index (κ1) is 18.6. The highest BCUT2D eigenvalue weighted by atomic mass is 32.2. The average molecular weight is 413 g/mol. The van der Waals surface area contributed by atoms with Gasteiger partial charge in [0.25, 0.3) is 0 Å². The van der Waals surface area contributed by atoms with Crippen molar-refractivity contribution in [3.05, 3.63) is 84.4 Å². The molecule has 0 saturated carbocycles. The topological polar surface area (TPSA) is 59.9 Å². The van der Waals surface area contributed by atoms with Crippen LogP contribution in [0.5, 0.6) is 5.88 Å². The second-order valence-electron chi connectivity index (χ2n) is 7.20. The van der Waals surface area contributed by atoms with Crippen LogP contribution in [-0.4, -0.2) is 21.4 Å². The van der Waals surface area contributed by atoms with Gasteiger partial charge in [-0.05, 0) is 30.4 Å². The van der Waals surface area contributed by atoms with Gasteiger partial charge < -0.3 is 10.1 Å². The molecule has 0 aliphatic carbocycles. The smallest absolute Gasteiger partial charge is 0.247 e. The van der Waals surface area contributed by atoms with Gasteiger partial charge in [-0.2, -0.15) is 4.98 Å². The van der Waals surface area contributed by atoms with E-state index in [4.69, 9.17) is 4.74 Å². The van der Waals surface area contributed by atoms with Gasteiger partial charge in [0.15, 0.2) is 5.69 Å². The van der Waals surface area contributed by atoms with E-state index < -0.39 is 5.72 Å². The van der Waals surface area contributed by atoms with E-state index >= 15 is 0 Å².